The molecule has 0 unspecified atom stereocenters. The molecule has 1 aromatic rings. The summed E-state index contributed by atoms with van der Waals surface area (Å²) in [6.07, 6.45) is 1.61. The highest BCUT2D eigenvalue weighted by Gasteiger charge is 1.80. The standard InChI is InChI=1S/C4H5N3S2/c5-7-2-1-3(8)6-4(7)9/h1-2H,5H2,(H,6,8,9). The fourth-order valence-corrected chi connectivity index (χ4v) is 0.820. The number of nitrogens with zero attached hydrogens (tertiary/aromatic N) is 1. The summed E-state index contributed by atoms with van der Waals surface area (Å²) in [5.41, 5.74) is 0. The third kappa shape index (κ3) is 1.36. The zero-order valence-corrected chi connectivity index (χ0v) is 6.13. The molecule has 0 fully saturated rings. The summed E-state index contributed by atoms with van der Waals surface area (Å²) in [4.78, 5) is 2.71. The van der Waals surface area contributed by atoms with E-state index in [0.717, 1.165) is 0 Å². The van der Waals surface area contributed by atoms with Crippen molar-refractivity contribution in [1.29, 1.82) is 0 Å². The zero-order valence-electron chi connectivity index (χ0n) is 4.50. The number of H-pyrrole nitrogens is 1. The van der Waals surface area contributed by atoms with Gasteiger partial charge in [0.15, 0.2) is 4.77 Å². The van der Waals surface area contributed by atoms with Gasteiger partial charge in [-0.05, 0) is 18.3 Å². The highest BCUT2D eigenvalue weighted by molar-refractivity contribution is 7.72. The summed E-state index contributed by atoms with van der Waals surface area (Å²) >= 11 is 9.52. The molecule has 0 radical (unpaired) electrons. The normalized spacial score (nSPS) is 9.33. The molecule has 0 bridgehead atoms. The number of nitrogens with one attached hydrogen (secondary N) is 1. The average Bonchev–Trinajstić information content (AvgIpc) is 1.80. The number of nitrogen functional groups attached to an aromatic ring is 1. The minimum atomic E-state index is 0.433. The molecule has 0 aliphatic rings. The van der Waals surface area contributed by atoms with Gasteiger partial charge in [-0.3, -0.25) is 0 Å². The fraction of sp³-hybridized carbons (Fsp3) is 0. The fourth-order valence-electron chi connectivity index (χ4n) is 0.427. The third-order valence-electron chi connectivity index (χ3n) is 0.851. The summed E-state index contributed by atoms with van der Waals surface area (Å²) in [5, 5.41) is 0. The number of rotatable bonds is 0. The van der Waals surface area contributed by atoms with Gasteiger partial charge in [-0.15, -0.1) is 0 Å². The van der Waals surface area contributed by atoms with Crippen molar-refractivity contribution in [3.63, 3.8) is 0 Å². The second-order valence-corrected chi connectivity index (χ2v) is 2.34. The van der Waals surface area contributed by atoms with E-state index in [-0.39, 0.29) is 0 Å². The van der Waals surface area contributed by atoms with Crippen molar-refractivity contribution < 1.29 is 0 Å². The Kier molecular flexibility index (Phi) is 1.63. The molecule has 0 spiro atoms. The van der Waals surface area contributed by atoms with Crippen LogP contribution in [0.2, 0.25) is 0 Å². The van der Waals surface area contributed by atoms with Crippen LogP contribution < -0.4 is 5.84 Å². The monoisotopic (exact) mass is 159 g/mol. The first kappa shape index (κ1) is 6.44. The Morgan fingerprint density at radius 3 is 2.67 bits per heavy atom. The van der Waals surface area contributed by atoms with E-state index in [2.05, 4.69) is 4.98 Å². The first-order chi connectivity index (χ1) is 4.20. The average molecular weight is 159 g/mol. The van der Waals surface area contributed by atoms with Crippen LogP contribution in [0, 0.1) is 9.41 Å². The van der Waals surface area contributed by atoms with E-state index < -0.39 is 0 Å². The lowest BCUT2D eigenvalue weighted by Gasteiger charge is -1.94. The number of nitrogens with two attached hydrogens (primary N) is 1. The maximum Gasteiger partial charge on any atom is 0.196 e. The van der Waals surface area contributed by atoms with Gasteiger partial charge in [0.2, 0.25) is 0 Å². The Labute approximate surface area is 62.1 Å². The van der Waals surface area contributed by atoms with Crippen molar-refractivity contribution in [3.05, 3.63) is 21.7 Å². The maximum atomic E-state index is 5.32. The molecule has 0 saturated heterocycles. The van der Waals surface area contributed by atoms with Crippen molar-refractivity contribution in [2.75, 3.05) is 5.84 Å². The van der Waals surface area contributed by atoms with E-state index in [1.165, 1.54) is 4.68 Å². The highest BCUT2D eigenvalue weighted by Crippen LogP contribution is 1.84. The molecule has 9 heavy (non-hydrogen) atoms. The molecule has 0 amide bonds. The van der Waals surface area contributed by atoms with Crippen LogP contribution in [0.4, 0.5) is 0 Å². The SMILES string of the molecule is Nn1ccc(=S)[nH]c1=S. The Morgan fingerprint density at radius 2 is 2.22 bits per heavy atom. The molecule has 0 aromatic carbocycles. The minimum Gasteiger partial charge on any atom is -0.337 e. The highest BCUT2D eigenvalue weighted by atomic mass is 32.1. The van der Waals surface area contributed by atoms with Gasteiger partial charge in [0.25, 0.3) is 0 Å². The summed E-state index contributed by atoms with van der Waals surface area (Å²) in [7, 11) is 0. The predicted molar refractivity (Wildman–Crippen MR) is 40.6 cm³/mol. The molecule has 3 nitrogen and oxygen atoms in total. The number of aromatic amines is 1. The second kappa shape index (κ2) is 2.28. The first-order valence-corrected chi connectivity index (χ1v) is 3.09. The van der Waals surface area contributed by atoms with Gasteiger partial charge in [0, 0.05) is 6.20 Å². The lowest BCUT2D eigenvalue weighted by atomic mass is 10.7. The second-order valence-electron chi connectivity index (χ2n) is 1.52. The summed E-state index contributed by atoms with van der Waals surface area (Å²) in [6.45, 7) is 0. The van der Waals surface area contributed by atoms with Crippen LogP contribution in [0.5, 0.6) is 0 Å². The van der Waals surface area contributed by atoms with Crippen LogP contribution in [0.1, 0.15) is 0 Å². The Balaban J connectivity index is 3.52. The van der Waals surface area contributed by atoms with Crippen LogP contribution in [0.3, 0.4) is 0 Å². The Hall–Kier alpha value is -0.680. The molecule has 0 aliphatic carbocycles. The van der Waals surface area contributed by atoms with E-state index in [9.17, 15) is 0 Å². The van der Waals surface area contributed by atoms with Crippen LogP contribution in [0.25, 0.3) is 0 Å². The molecule has 1 aromatic heterocycles. The molecule has 0 aliphatic heterocycles. The van der Waals surface area contributed by atoms with Crippen LogP contribution >= 0.6 is 24.4 Å². The zero-order chi connectivity index (χ0) is 6.85. The van der Waals surface area contributed by atoms with E-state index in [4.69, 9.17) is 30.3 Å². The van der Waals surface area contributed by atoms with Gasteiger partial charge in [-0.1, -0.05) is 12.2 Å². The van der Waals surface area contributed by atoms with Crippen molar-refractivity contribution in [2.24, 2.45) is 0 Å². The van der Waals surface area contributed by atoms with Gasteiger partial charge in [-0.2, -0.15) is 0 Å². The smallest absolute Gasteiger partial charge is 0.196 e. The minimum absolute atomic E-state index is 0.433. The van der Waals surface area contributed by atoms with Crippen molar-refractivity contribution in [2.45, 2.75) is 0 Å². The Morgan fingerprint density at radius 1 is 1.56 bits per heavy atom. The van der Waals surface area contributed by atoms with E-state index in [0.29, 0.717) is 9.41 Å². The van der Waals surface area contributed by atoms with Crippen LogP contribution in [-0.4, -0.2) is 9.66 Å². The maximum absolute atomic E-state index is 5.32. The van der Waals surface area contributed by atoms with Crippen molar-refractivity contribution >= 4 is 24.4 Å². The molecule has 5 heteroatoms. The first-order valence-electron chi connectivity index (χ1n) is 2.27. The molecular formula is C4H5N3S2. The quantitative estimate of drug-likeness (QED) is 0.438. The third-order valence-corrected chi connectivity index (χ3v) is 1.40. The van der Waals surface area contributed by atoms with Gasteiger partial charge < -0.3 is 10.8 Å². The molecular weight excluding hydrogens is 154 g/mol. The van der Waals surface area contributed by atoms with Gasteiger partial charge in [-0.25, -0.2) is 4.68 Å². The van der Waals surface area contributed by atoms with Crippen molar-refractivity contribution in [1.82, 2.24) is 9.66 Å². The summed E-state index contributed by atoms with van der Waals surface area (Å²) in [6, 6.07) is 1.67. The Bertz CT molecular complexity index is 310. The van der Waals surface area contributed by atoms with E-state index in [1.54, 1.807) is 12.3 Å². The largest absolute Gasteiger partial charge is 0.337 e. The van der Waals surface area contributed by atoms with Crippen LogP contribution in [-0.2, 0) is 0 Å². The molecule has 0 atom stereocenters. The molecule has 48 valence electrons. The van der Waals surface area contributed by atoms with E-state index in [1.807, 2.05) is 0 Å². The number of hydrogen-bond acceptors (Lipinski definition) is 3. The predicted octanol–water partition coefficient (Wildman–Crippen LogP) is 0.989. The molecule has 1 rings (SSSR count). The summed E-state index contributed by atoms with van der Waals surface area (Å²) < 4.78 is 2.33. The van der Waals surface area contributed by atoms with Gasteiger partial charge >= 0.3 is 0 Å². The van der Waals surface area contributed by atoms with E-state index >= 15 is 0 Å². The molecule has 0 saturated carbocycles. The topological polar surface area (TPSA) is 46.7 Å². The molecule has 1 heterocycles. The van der Waals surface area contributed by atoms with Gasteiger partial charge in [0.05, 0.1) is 0 Å². The van der Waals surface area contributed by atoms with Gasteiger partial charge in [0.1, 0.15) is 4.64 Å². The van der Waals surface area contributed by atoms with Crippen molar-refractivity contribution in [3.8, 4) is 0 Å². The lowest BCUT2D eigenvalue weighted by molar-refractivity contribution is 0.905. The molecule has 3 N–H and O–H groups in total. The summed E-state index contributed by atoms with van der Waals surface area (Å²) in [5.74, 6) is 5.32. The number of aromatic nitrogens is 2. The lowest BCUT2D eigenvalue weighted by Crippen LogP contribution is -2.09. The number of hydrogen-bond donors (Lipinski definition) is 2. The van der Waals surface area contributed by atoms with Crippen LogP contribution in [0.15, 0.2) is 12.3 Å².